The fourth-order valence-corrected chi connectivity index (χ4v) is 5.48. The third-order valence-corrected chi connectivity index (χ3v) is 7.49. The Balaban J connectivity index is 1.18. The van der Waals surface area contributed by atoms with Crippen LogP contribution in [0.5, 0.6) is 5.75 Å². The van der Waals surface area contributed by atoms with Crippen LogP contribution < -0.4 is 15.0 Å². The number of carbonyl (C=O) groups excluding carboxylic acids is 1. The number of aryl methyl sites for hydroxylation is 2. The van der Waals surface area contributed by atoms with E-state index in [9.17, 15) is 4.79 Å². The Morgan fingerprint density at radius 3 is 2.53 bits per heavy atom. The molecule has 0 saturated carbocycles. The van der Waals surface area contributed by atoms with Crippen molar-refractivity contribution in [2.24, 2.45) is 0 Å². The lowest BCUT2D eigenvalue weighted by molar-refractivity contribution is -0.116. The lowest BCUT2D eigenvalue weighted by Crippen LogP contribution is -2.44. The van der Waals surface area contributed by atoms with Gasteiger partial charge < -0.3 is 19.9 Å². The Morgan fingerprint density at radius 1 is 1.06 bits per heavy atom. The Morgan fingerprint density at radius 2 is 1.81 bits per heavy atom. The van der Waals surface area contributed by atoms with Crippen LogP contribution in [-0.2, 0) is 11.2 Å². The highest BCUT2D eigenvalue weighted by Gasteiger charge is 2.27. The minimum atomic E-state index is -0.0129. The average molecular weight is 506 g/mol. The summed E-state index contributed by atoms with van der Waals surface area (Å²) in [5, 5.41) is 4.00. The van der Waals surface area contributed by atoms with Gasteiger partial charge in [-0.1, -0.05) is 12.1 Å². The van der Waals surface area contributed by atoms with Crippen molar-refractivity contribution in [2.75, 3.05) is 42.3 Å². The summed E-state index contributed by atoms with van der Waals surface area (Å²) in [6.07, 6.45) is 6.12. The molecule has 0 spiro atoms. The first-order valence-corrected chi connectivity index (χ1v) is 13.6. The molecule has 2 aromatic carbocycles. The quantitative estimate of drug-likeness (QED) is 0.337. The number of hydrogen-bond donors (Lipinski definition) is 2. The fourth-order valence-electron chi connectivity index (χ4n) is 5.33. The van der Waals surface area contributed by atoms with Gasteiger partial charge in [0.15, 0.2) is 0 Å². The van der Waals surface area contributed by atoms with Gasteiger partial charge in [-0.05, 0) is 88.0 Å². The highest BCUT2D eigenvalue weighted by atomic mass is 32.1. The van der Waals surface area contributed by atoms with Gasteiger partial charge in [-0.2, -0.15) is 0 Å². The summed E-state index contributed by atoms with van der Waals surface area (Å²) in [5.41, 5.74) is 3.73. The summed E-state index contributed by atoms with van der Waals surface area (Å²) in [7, 11) is 0. The van der Waals surface area contributed by atoms with Crippen molar-refractivity contribution in [1.29, 1.82) is 0 Å². The maximum atomic E-state index is 12.6. The minimum absolute atomic E-state index is 0.0129. The largest absolute Gasteiger partial charge is 0.483 e. The molecular formula is C28H35N5O2S. The summed E-state index contributed by atoms with van der Waals surface area (Å²) in [6, 6.07) is 14.4. The van der Waals surface area contributed by atoms with Gasteiger partial charge in [-0.25, -0.2) is 9.97 Å². The van der Waals surface area contributed by atoms with Crippen molar-refractivity contribution < 1.29 is 9.53 Å². The van der Waals surface area contributed by atoms with Crippen molar-refractivity contribution >= 4 is 41.1 Å². The van der Waals surface area contributed by atoms with Gasteiger partial charge in [0.2, 0.25) is 11.9 Å². The van der Waals surface area contributed by atoms with E-state index in [4.69, 9.17) is 14.7 Å². The number of nitrogens with one attached hydrogen (secondary N) is 1. The molecule has 2 aliphatic heterocycles. The maximum Gasteiger partial charge on any atom is 0.226 e. The van der Waals surface area contributed by atoms with Crippen molar-refractivity contribution in [2.45, 2.75) is 51.5 Å². The smallest absolute Gasteiger partial charge is 0.226 e. The molecule has 0 atom stereocenters. The van der Waals surface area contributed by atoms with Crippen LogP contribution in [0.2, 0.25) is 0 Å². The summed E-state index contributed by atoms with van der Waals surface area (Å²) < 4.78 is 5.35. The summed E-state index contributed by atoms with van der Waals surface area (Å²) >= 11 is 4.06. The van der Waals surface area contributed by atoms with E-state index in [-0.39, 0.29) is 5.91 Å². The number of ether oxygens (including phenoxy) is 1. The van der Waals surface area contributed by atoms with Gasteiger partial charge in [0, 0.05) is 36.6 Å². The van der Waals surface area contributed by atoms with Crippen LogP contribution in [0.3, 0.4) is 0 Å². The highest BCUT2D eigenvalue weighted by molar-refractivity contribution is 7.80. The number of likely N-dealkylation sites (tertiary alicyclic amines) is 1. The zero-order valence-electron chi connectivity index (χ0n) is 20.9. The van der Waals surface area contributed by atoms with E-state index >= 15 is 0 Å². The summed E-state index contributed by atoms with van der Waals surface area (Å²) in [5.74, 6) is 1.93. The van der Waals surface area contributed by atoms with Gasteiger partial charge in [-0.15, -0.1) is 12.6 Å². The van der Waals surface area contributed by atoms with E-state index in [1.54, 1.807) is 0 Å². The van der Waals surface area contributed by atoms with E-state index in [0.717, 1.165) is 52.6 Å². The van der Waals surface area contributed by atoms with Gasteiger partial charge in [0.05, 0.1) is 11.2 Å². The Labute approximate surface area is 218 Å². The summed E-state index contributed by atoms with van der Waals surface area (Å²) in [6.45, 7) is 6.55. The second-order valence-corrected chi connectivity index (χ2v) is 10.0. The Bertz CT molecular complexity index is 1190. The summed E-state index contributed by atoms with van der Waals surface area (Å²) in [4.78, 5) is 27.3. The van der Waals surface area contributed by atoms with Gasteiger partial charge in [-0.3, -0.25) is 4.79 Å². The van der Waals surface area contributed by atoms with E-state index in [1.165, 1.54) is 38.8 Å². The van der Waals surface area contributed by atoms with Crippen molar-refractivity contribution in [3.8, 4) is 5.75 Å². The average Bonchev–Trinajstić information content (AvgIpc) is 3.44. The van der Waals surface area contributed by atoms with Gasteiger partial charge in [0.1, 0.15) is 11.7 Å². The van der Waals surface area contributed by atoms with Crippen LogP contribution in [-0.4, -0.2) is 58.9 Å². The van der Waals surface area contributed by atoms with Gasteiger partial charge in [0.25, 0.3) is 0 Å². The molecular weight excluding hydrogens is 470 g/mol. The molecule has 3 aromatic rings. The molecule has 2 saturated heterocycles. The third kappa shape index (κ3) is 5.93. The molecule has 7 nitrogen and oxygen atoms in total. The van der Waals surface area contributed by atoms with E-state index in [2.05, 4.69) is 27.7 Å². The zero-order valence-corrected chi connectivity index (χ0v) is 21.8. The van der Waals surface area contributed by atoms with Crippen molar-refractivity contribution in [3.05, 3.63) is 53.7 Å². The molecule has 1 N–H and O–H groups in total. The van der Waals surface area contributed by atoms with Crippen LogP contribution in [0.15, 0.2) is 42.5 Å². The third-order valence-electron chi connectivity index (χ3n) is 7.36. The number of thiol groups is 1. The number of nitrogens with zero attached hydrogens (tertiary/aromatic N) is 4. The van der Waals surface area contributed by atoms with Crippen LogP contribution in [0.4, 0.5) is 11.6 Å². The number of anilines is 2. The second kappa shape index (κ2) is 11.5. The number of aromatic nitrogens is 2. The van der Waals surface area contributed by atoms with Crippen LogP contribution >= 0.6 is 12.6 Å². The Hall–Kier alpha value is -2.84. The number of amides is 1. The molecule has 0 aliphatic carbocycles. The molecule has 3 heterocycles. The topological polar surface area (TPSA) is 70.6 Å². The normalized spacial score (nSPS) is 17.0. The minimum Gasteiger partial charge on any atom is -0.483 e. The molecule has 0 radical (unpaired) electrons. The molecule has 36 heavy (non-hydrogen) atoms. The van der Waals surface area contributed by atoms with E-state index in [1.807, 2.05) is 49.4 Å². The van der Waals surface area contributed by atoms with Crippen LogP contribution in [0, 0.1) is 6.92 Å². The molecule has 5 rings (SSSR count). The molecule has 2 fully saturated rings. The lowest BCUT2D eigenvalue weighted by atomic mass is 10.0. The van der Waals surface area contributed by atoms with Crippen molar-refractivity contribution in [3.63, 3.8) is 0 Å². The zero-order chi connectivity index (χ0) is 24.9. The number of carbonyl (C=O) groups is 1. The number of rotatable bonds is 8. The second-order valence-electron chi connectivity index (χ2n) is 9.77. The molecule has 1 aromatic heterocycles. The standard InChI is InChI=1S/C28H35N5O2S/c1-20-25-18-22(30-27(34)11-6-21-4-8-24(9-5-21)35-19-36)7-10-26(25)31-28(29-20)33-16-12-23(13-17-33)32-14-2-3-15-32/h4-5,7-10,18,23,36H,2-3,6,11-17,19H2,1H3,(H,30,34). The number of benzene rings is 2. The first-order chi connectivity index (χ1) is 17.6. The maximum absolute atomic E-state index is 12.6. The molecule has 1 amide bonds. The van der Waals surface area contributed by atoms with E-state index < -0.39 is 0 Å². The SMILES string of the molecule is Cc1nc(N2CCC(N3CCCC3)CC2)nc2ccc(NC(=O)CCc3ccc(OCS)cc3)cc12. The van der Waals surface area contributed by atoms with Gasteiger partial charge >= 0.3 is 0 Å². The van der Waals surface area contributed by atoms with Crippen LogP contribution in [0.25, 0.3) is 10.9 Å². The first kappa shape index (κ1) is 24.8. The molecule has 190 valence electrons. The van der Waals surface area contributed by atoms with E-state index in [0.29, 0.717) is 24.8 Å². The molecule has 2 aliphatic rings. The highest BCUT2D eigenvalue weighted by Crippen LogP contribution is 2.27. The fraction of sp³-hybridized carbons (Fsp3) is 0.464. The number of fused-ring (bicyclic) bond motifs is 1. The van der Waals surface area contributed by atoms with Crippen LogP contribution in [0.1, 0.15) is 43.4 Å². The predicted molar refractivity (Wildman–Crippen MR) is 148 cm³/mol. The lowest BCUT2D eigenvalue weighted by Gasteiger charge is -2.36. The Kier molecular flexibility index (Phi) is 7.92. The molecule has 0 bridgehead atoms. The number of piperidine rings is 1. The number of hydrogen-bond acceptors (Lipinski definition) is 7. The predicted octanol–water partition coefficient (Wildman–Crippen LogP) is 4.84. The molecule has 8 heteroatoms. The van der Waals surface area contributed by atoms with Crippen molar-refractivity contribution in [1.82, 2.24) is 14.9 Å². The monoisotopic (exact) mass is 505 g/mol. The molecule has 0 unspecified atom stereocenters. The first-order valence-electron chi connectivity index (χ1n) is 13.0.